The summed E-state index contributed by atoms with van der Waals surface area (Å²) in [4.78, 5) is 12.4. The van der Waals surface area contributed by atoms with Crippen LogP contribution >= 0.6 is 0 Å². The van der Waals surface area contributed by atoms with Gasteiger partial charge >= 0.3 is 0 Å². The Morgan fingerprint density at radius 2 is 1.92 bits per heavy atom. The third-order valence-corrected chi connectivity index (χ3v) is 4.46. The van der Waals surface area contributed by atoms with E-state index in [1.807, 2.05) is 31.2 Å². The molecular weight excluding hydrogens is 326 g/mol. The van der Waals surface area contributed by atoms with E-state index >= 15 is 0 Å². The third-order valence-electron chi connectivity index (χ3n) is 4.46. The number of carbonyl (C=O) groups is 1. The van der Waals surface area contributed by atoms with Gasteiger partial charge in [0.15, 0.2) is 0 Å². The third kappa shape index (κ3) is 3.90. The Balaban J connectivity index is 1.75. The SMILES string of the molecule is CCOc1ccc(NC(=O)Cc2coc3cc(C)c(C(C)C)cc23)cc1. The van der Waals surface area contributed by atoms with Gasteiger partial charge in [-0.25, -0.2) is 0 Å². The summed E-state index contributed by atoms with van der Waals surface area (Å²) in [5, 5.41) is 3.94. The van der Waals surface area contributed by atoms with Crippen LogP contribution in [0.2, 0.25) is 0 Å². The summed E-state index contributed by atoms with van der Waals surface area (Å²) in [6.45, 7) is 9.00. The lowest BCUT2D eigenvalue weighted by atomic mass is 9.95. The van der Waals surface area contributed by atoms with Crippen LogP contribution in [0.25, 0.3) is 11.0 Å². The van der Waals surface area contributed by atoms with E-state index in [0.29, 0.717) is 12.5 Å². The largest absolute Gasteiger partial charge is 0.494 e. The molecule has 0 saturated carbocycles. The zero-order chi connectivity index (χ0) is 18.7. The lowest BCUT2D eigenvalue weighted by Crippen LogP contribution is -2.14. The molecule has 0 bridgehead atoms. The number of aryl methyl sites for hydroxylation is 1. The van der Waals surface area contributed by atoms with Crippen LogP contribution in [0, 0.1) is 6.92 Å². The zero-order valence-corrected chi connectivity index (χ0v) is 15.8. The number of amides is 1. The number of anilines is 1. The molecule has 1 aromatic heterocycles. The molecule has 136 valence electrons. The molecule has 3 rings (SSSR count). The Kier molecular flexibility index (Phi) is 5.31. The number of fused-ring (bicyclic) bond motifs is 1. The van der Waals surface area contributed by atoms with Gasteiger partial charge in [0.1, 0.15) is 11.3 Å². The number of rotatable bonds is 6. The summed E-state index contributed by atoms with van der Waals surface area (Å²) in [7, 11) is 0. The van der Waals surface area contributed by atoms with Gasteiger partial charge in [-0.05, 0) is 67.3 Å². The first-order chi connectivity index (χ1) is 12.5. The molecular formula is C22H25NO3. The van der Waals surface area contributed by atoms with E-state index in [9.17, 15) is 4.79 Å². The zero-order valence-electron chi connectivity index (χ0n) is 15.8. The number of hydrogen-bond donors (Lipinski definition) is 1. The second-order valence-corrected chi connectivity index (χ2v) is 6.80. The van der Waals surface area contributed by atoms with Crippen molar-refractivity contribution < 1.29 is 13.9 Å². The molecule has 4 heteroatoms. The van der Waals surface area contributed by atoms with Crippen molar-refractivity contribution in [2.24, 2.45) is 0 Å². The standard InChI is InChI=1S/C22H25NO3/c1-5-25-18-8-6-17(7-9-18)23-22(24)11-16-13-26-21-10-15(4)19(14(2)3)12-20(16)21/h6-10,12-14H,5,11H2,1-4H3,(H,23,24). The van der Waals surface area contributed by atoms with E-state index in [4.69, 9.17) is 9.15 Å². The van der Waals surface area contributed by atoms with Crippen LogP contribution in [0.5, 0.6) is 5.75 Å². The minimum atomic E-state index is -0.0662. The van der Waals surface area contributed by atoms with Crippen LogP contribution in [0.4, 0.5) is 5.69 Å². The molecule has 1 N–H and O–H groups in total. The number of ether oxygens (including phenoxy) is 1. The molecule has 0 spiro atoms. The van der Waals surface area contributed by atoms with Crippen molar-refractivity contribution >= 4 is 22.6 Å². The quantitative estimate of drug-likeness (QED) is 0.643. The van der Waals surface area contributed by atoms with Crippen LogP contribution in [0.3, 0.4) is 0 Å². The average Bonchev–Trinajstić information content (AvgIpc) is 2.97. The predicted octanol–water partition coefficient (Wildman–Crippen LogP) is 5.44. The first-order valence-electron chi connectivity index (χ1n) is 9.01. The molecule has 0 saturated heterocycles. The van der Waals surface area contributed by atoms with Crippen molar-refractivity contribution in [1.29, 1.82) is 0 Å². The molecule has 0 unspecified atom stereocenters. The number of furan rings is 1. The summed E-state index contributed by atoms with van der Waals surface area (Å²) in [6.07, 6.45) is 1.97. The van der Waals surface area contributed by atoms with Crippen molar-refractivity contribution in [3.05, 3.63) is 59.4 Å². The van der Waals surface area contributed by atoms with Gasteiger partial charge in [0.05, 0.1) is 19.3 Å². The minimum absolute atomic E-state index is 0.0662. The molecule has 0 radical (unpaired) electrons. The van der Waals surface area contributed by atoms with E-state index in [-0.39, 0.29) is 12.3 Å². The second kappa shape index (κ2) is 7.65. The molecule has 0 aliphatic carbocycles. The Morgan fingerprint density at radius 3 is 2.58 bits per heavy atom. The number of carbonyl (C=O) groups excluding carboxylic acids is 1. The summed E-state index contributed by atoms with van der Waals surface area (Å²) in [5.74, 6) is 1.16. The van der Waals surface area contributed by atoms with Crippen molar-refractivity contribution in [3.63, 3.8) is 0 Å². The topological polar surface area (TPSA) is 51.5 Å². The molecule has 0 aliphatic rings. The average molecular weight is 351 g/mol. The van der Waals surface area contributed by atoms with Crippen LogP contribution in [-0.4, -0.2) is 12.5 Å². The first kappa shape index (κ1) is 18.1. The number of benzene rings is 2. The number of hydrogen-bond acceptors (Lipinski definition) is 3. The van der Waals surface area contributed by atoms with Gasteiger partial charge in [0.25, 0.3) is 0 Å². The highest BCUT2D eigenvalue weighted by molar-refractivity contribution is 5.95. The normalized spacial score (nSPS) is 11.1. The smallest absolute Gasteiger partial charge is 0.228 e. The fourth-order valence-electron chi connectivity index (χ4n) is 3.18. The summed E-state index contributed by atoms with van der Waals surface area (Å²) in [6, 6.07) is 11.6. The highest BCUT2D eigenvalue weighted by atomic mass is 16.5. The van der Waals surface area contributed by atoms with Gasteiger partial charge in [-0.1, -0.05) is 13.8 Å². The molecule has 4 nitrogen and oxygen atoms in total. The Hall–Kier alpha value is -2.75. The van der Waals surface area contributed by atoms with Gasteiger partial charge in [0, 0.05) is 16.6 Å². The van der Waals surface area contributed by atoms with Crippen LogP contribution in [0.1, 0.15) is 43.4 Å². The van der Waals surface area contributed by atoms with E-state index < -0.39 is 0 Å². The Labute approximate surface area is 154 Å². The van der Waals surface area contributed by atoms with E-state index in [1.165, 1.54) is 11.1 Å². The van der Waals surface area contributed by atoms with Crippen LogP contribution in [-0.2, 0) is 11.2 Å². The van der Waals surface area contributed by atoms with E-state index in [1.54, 1.807) is 6.26 Å². The van der Waals surface area contributed by atoms with Crippen molar-refractivity contribution in [3.8, 4) is 5.75 Å². The van der Waals surface area contributed by atoms with Crippen molar-refractivity contribution in [2.75, 3.05) is 11.9 Å². The molecule has 0 fully saturated rings. The molecule has 0 atom stereocenters. The van der Waals surface area contributed by atoms with Crippen LogP contribution < -0.4 is 10.1 Å². The molecule has 3 aromatic rings. The fraction of sp³-hybridized carbons (Fsp3) is 0.318. The lowest BCUT2D eigenvalue weighted by molar-refractivity contribution is -0.115. The molecule has 26 heavy (non-hydrogen) atoms. The first-order valence-corrected chi connectivity index (χ1v) is 9.01. The van der Waals surface area contributed by atoms with Crippen molar-refractivity contribution in [2.45, 2.75) is 40.0 Å². The summed E-state index contributed by atoms with van der Waals surface area (Å²) >= 11 is 0. The van der Waals surface area contributed by atoms with Crippen LogP contribution in [0.15, 0.2) is 47.1 Å². The summed E-state index contributed by atoms with van der Waals surface area (Å²) < 4.78 is 11.1. The van der Waals surface area contributed by atoms with Gasteiger partial charge in [0.2, 0.25) is 5.91 Å². The van der Waals surface area contributed by atoms with E-state index in [2.05, 4.69) is 38.2 Å². The highest BCUT2D eigenvalue weighted by Gasteiger charge is 2.14. The summed E-state index contributed by atoms with van der Waals surface area (Å²) in [5.41, 5.74) is 4.99. The predicted molar refractivity (Wildman–Crippen MR) is 105 cm³/mol. The minimum Gasteiger partial charge on any atom is -0.494 e. The molecule has 0 aliphatic heterocycles. The van der Waals surface area contributed by atoms with Gasteiger partial charge < -0.3 is 14.5 Å². The second-order valence-electron chi connectivity index (χ2n) is 6.80. The Bertz CT molecular complexity index is 907. The molecule has 1 amide bonds. The maximum absolute atomic E-state index is 12.4. The molecule has 1 heterocycles. The fourth-order valence-corrected chi connectivity index (χ4v) is 3.18. The molecule has 2 aromatic carbocycles. The maximum Gasteiger partial charge on any atom is 0.228 e. The highest BCUT2D eigenvalue weighted by Crippen LogP contribution is 2.29. The van der Waals surface area contributed by atoms with Gasteiger partial charge in [-0.2, -0.15) is 0 Å². The van der Waals surface area contributed by atoms with Gasteiger partial charge in [-0.15, -0.1) is 0 Å². The van der Waals surface area contributed by atoms with E-state index in [0.717, 1.165) is 28.0 Å². The van der Waals surface area contributed by atoms with Crippen molar-refractivity contribution in [1.82, 2.24) is 0 Å². The maximum atomic E-state index is 12.4. The number of nitrogens with one attached hydrogen (secondary N) is 1. The lowest BCUT2D eigenvalue weighted by Gasteiger charge is -2.10. The monoisotopic (exact) mass is 351 g/mol. The Morgan fingerprint density at radius 1 is 1.19 bits per heavy atom. The van der Waals surface area contributed by atoms with Gasteiger partial charge in [-0.3, -0.25) is 4.79 Å².